The monoisotopic (exact) mass is 184 g/mol. The number of ketones is 1. The molecule has 1 heterocycles. The predicted octanol–water partition coefficient (Wildman–Crippen LogP) is -1.25. The minimum atomic E-state index is -0.577. The topological polar surface area (TPSA) is 78.8 Å². The van der Waals surface area contributed by atoms with Crippen LogP contribution < -0.4 is 5.32 Å². The summed E-state index contributed by atoms with van der Waals surface area (Å²) in [6.45, 7) is 0.0898. The summed E-state index contributed by atoms with van der Waals surface area (Å²) < 4.78 is 0. The van der Waals surface area contributed by atoms with Crippen LogP contribution in [0.1, 0.15) is 6.42 Å². The number of aliphatic imine (C=N–C) groups is 1. The van der Waals surface area contributed by atoms with Crippen molar-refractivity contribution in [2.75, 3.05) is 19.7 Å². The molecule has 0 spiro atoms. The average Bonchev–Trinajstić information content (AvgIpc) is 2.66. The number of nitrogens with one attached hydrogen (secondary N) is 1. The number of carbonyl (C=O) groups is 2. The van der Waals surface area contributed by atoms with Gasteiger partial charge in [-0.25, -0.2) is 0 Å². The first-order valence-electron chi connectivity index (χ1n) is 4.14. The van der Waals surface area contributed by atoms with Gasteiger partial charge in [-0.3, -0.25) is 14.6 Å². The van der Waals surface area contributed by atoms with Crippen LogP contribution in [0.2, 0.25) is 0 Å². The Hall–Kier alpha value is -1.23. The van der Waals surface area contributed by atoms with Crippen LogP contribution in [0.4, 0.5) is 0 Å². The molecule has 0 aromatic rings. The molecule has 1 unspecified atom stereocenters. The Morgan fingerprint density at radius 3 is 2.92 bits per heavy atom. The average molecular weight is 184 g/mol. The molecule has 0 aliphatic carbocycles. The lowest BCUT2D eigenvalue weighted by atomic mass is 10.0. The Morgan fingerprint density at radius 1 is 1.62 bits per heavy atom. The molecule has 5 heteroatoms. The van der Waals surface area contributed by atoms with Gasteiger partial charge in [0.2, 0.25) is 5.91 Å². The molecular formula is C8H12N2O3. The second kappa shape index (κ2) is 4.71. The number of aliphatic hydroxyl groups excluding tert-OH is 1. The Balaban J connectivity index is 2.25. The van der Waals surface area contributed by atoms with Gasteiger partial charge in [-0.2, -0.15) is 0 Å². The number of amides is 1. The van der Waals surface area contributed by atoms with Crippen LogP contribution in [0.5, 0.6) is 0 Å². The SMILES string of the molecule is O=C(CO)NCC(=O)C1C=NCC1. The van der Waals surface area contributed by atoms with Crippen molar-refractivity contribution in [3.63, 3.8) is 0 Å². The van der Waals surface area contributed by atoms with Crippen LogP contribution in [0.15, 0.2) is 4.99 Å². The van der Waals surface area contributed by atoms with Crippen molar-refractivity contribution in [1.82, 2.24) is 5.32 Å². The van der Waals surface area contributed by atoms with E-state index in [2.05, 4.69) is 10.3 Å². The van der Waals surface area contributed by atoms with Crippen LogP contribution >= 0.6 is 0 Å². The van der Waals surface area contributed by atoms with Crippen LogP contribution in [0.3, 0.4) is 0 Å². The third kappa shape index (κ3) is 2.95. The van der Waals surface area contributed by atoms with Crippen molar-refractivity contribution >= 4 is 17.9 Å². The molecule has 1 amide bonds. The van der Waals surface area contributed by atoms with E-state index in [0.29, 0.717) is 6.54 Å². The van der Waals surface area contributed by atoms with Gasteiger partial charge >= 0.3 is 0 Å². The second-order valence-electron chi connectivity index (χ2n) is 2.85. The number of nitrogens with zero attached hydrogens (tertiary/aromatic N) is 1. The molecule has 1 atom stereocenters. The highest BCUT2D eigenvalue weighted by atomic mass is 16.3. The third-order valence-corrected chi connectivity index (χ3v) is 1.87. The lowest BCUT2D eigenvalue weighted by Gasteiger charge is -2.05. The van der Waals surface area contributed by atoms with Crippen LogP contribution in [0.25, 0.3) is 0 Å². The second-order valence-corrected chi connectivity index (χ2v) is 2.85. The fourth-order valence-electron chi connectivity index (χ4n) is 1.11. The van der Waals surface area contributed by atoms with E-state index in [1.807, 2.05) is 0 Å². The zero-order valence-electron chi connectivity index (χ0n) is 7.19. The summed E-state index contributed by atoms with van der Waals surface area (Å²) in [6.07, 6.45) is 2.35. The standard InChI is InChI=1S/C8H12N2O3/c11-5-8(13)10-4-7(12)6-1-2-9-3-6/h3,6,11H,1-2,4-5H2,(H,10,13). The van der Waals surface area contributed by atoms with Gasteiger partial charge in [-0.15, -0.1) is 0 Å². The van der Waals surface area contributed by atoms with Crippen molar-refractivity contribution in [2.45, 2.75) is 6.42 Å². The van der Waals surface area contributed by atoms with Gasteiger partial charge in [0.05, 0.1) is 12.5 Å². The zero-order chi connectivity index (χ0) is 9.68. The fraction of sp³-hybridized carbons (Fsp3) is 0.625. The maximum Gasteiger partial charge on any atom is 0.246 e. The summed E-state index contributed by atoms with van der Waals surface area (Å²) >= 11 is 0. The number of carbonyl (C=O) groups excluding carboxylic acids is 2. The summed E-state index contributed by atoms with van der Waals surface area (Å²) in [7, 11) is 0. The van der Waals surface area contributed by atoms with Gasteiger partial charge < -0.3 is 10.4 Å². The summed E-state index contributed by atoms with van der Waals surface area (Å²) in [5.74, 6) is -0.731. The van der Waals surface area contributed by atoms with Crippen molar-refractivity contribution in [3.8, 4) is 0 Å². The highest BCUT2D eigenvalue weighted by Gasteiger charge is 2.19. The van der Waals surface area contributed by atoms with Crippen molar-refractivity contribution in [1.29, 1.82) is 0 Å². The highest BCUT2D eigenvalue weighted by molar-refractivity contribution is 5.98. The molecule has 2 N–H and O–H groups in total. The van der Waals surface area contributed by atoms with Crippen molar-refractivity contribution < 1.29 is 14.7 Å². The van der Waals surface area contributed by atoms with Gasteiger partial charge in [-0.05, 0) is 6.42 Å². The molecule has 5 nitrogen and oxygen atoms in total. The van der Waals surface area contributed by atoms with Gasteiger partial charge in [0.25, 0.3) is 0 Å². The molecule has 0 saturated carbocycles. The maximum absolute atomic E-state index is 11.3. The summed E-state index contributed by atoms with van der Waals surface area (Å²) in [5.41, 5.74) is 0. The van der Waals surface area contributed by atoms with E-state index < -0.39 is 12.5 Å². The van der Waals surface area contributed by atoms with Gasteiger partial charge in [-0.1, -0.05) is 0 Å². The lowest BCUT2D eigenvalue weighted by Crippen LogP contribution is -2.34. The Labute approximate surface area is 75.9 Å². The minimum absolute atomic E-state index is 0.0178. The molecule has 0 aromatic heterocycles. The molecule has 0 bridgehead atoms. The van der Waals surface area contributed by atoms with E-state index in [-0.39, 0.29) is 18.2 Å². The molecule has 0 aromatic carbocycles. The van der Waals surface area contributed by atoms with Gasteiger partial charge in [0, 0.05) is 12.8 Å². The number of aliphatic hydroxyl groups is 1. The molecule has 1 rings (SSSR count). The minimum Gasteiger partial charge on any atom is -0.387 e. The Morgan fingerprint density at radius 2 is 2.38 bits per heavy atom. The smallest absolute Gasteiger partial charge is 0.246 e. The zero-order valence-corrected chi connectivity index (χ0v) is 7.19. The first kappa shape index (κ1) is 9.85. The predicted molar refractivity (Wildman–Crippen MR) is 46.6 cm³/mol. The quantitative estimate of drug-likeness (QED) is 0.573. The van der Waals surface area contributed by atoms with Gasteiger partial charge in [0.15, 0.2) is 5.78 Å². The van der Waals surface area contributed by atoms with E-state index in [0.717, 1.165) is 6.42 Å². The fourth-order valence-corrected chi connectivity index (χ4v) is 1.11. The normalized spacial score (nSPS) is 20.2. The summed E-state index contributed by atoms with van der Waals surface area (Å²) in [6, 6.07) is 0. The highest BCUT2D eigenvalue weighted by Crippen LogP contribution is 2.07. The molecular weight excluding hydrogens is 172 g/mol. The molecule has 13 heavy (non-hydrogen) atoms. The number of rotatable bonds is 4. The van der Waals surface area contributed by atoms with E-state index in [4.69, 9.17) is 5.11 Å². The molecule has 1 aliphatic rings. The molecule has 1 aliphatic heterocycles. The largest absolute Gasteiger partial charge is 0.387 e. The Bertz CT molecular complexity index is 238. The molecule has 0 saturated heterocycles. The van der Waals surface area contributed by atoms with Crippen molar-refractivity contribution in [3.05, 3.63) is 0 Å². The third-order valence-electron chi connectivity index (χ3n) is 1.87. The number of Topliss-reactive ketones (excluding diaryl/α,β-unsaturated/α-hetero) is 1. The summed E-state index contributed by atoms with van der Waals surface area (Å²) in [4.78, 5) is 25.8. The van der Waals surface area contributed by atoms with E-state index in [9.17, 15) is 9.59 Å². The van der Waals surface area contributed by atoms with Gasteiger partial charge in [0.1, 0.15) is 6.61 Å². The Kier molecular flexibility index (Phi) is 3.57. The van der Waals surface area contributed by atoms with E-state index in [1.54, 1.807) is 6.21 Å². The van der Waals surface area contributed by atoms with Crippen LogP contribution in [0, 0.1) is 5.92 Å². The van der Waals surface area contributed by atoms with Crippen LogP contribution in [-0.2, 0) is 9.59 Å². The molecule has 0 radical (unpaired) electrons. The maximum atomic E-state index is 11.3. The van der Waals surface area contributed by atoms with E-state index in [1.165, 1.54) is 0 Å². The first-order chi connectivity index (χ1) is 6.24. The van der Waals surface area contributed by atoms with E-state index >= 15 is 0 Å². The summed E-state index contributed by atoms with van der Waals surface area (Å²) in [5, 5.41) is 10.7. The number of hydrogen-bond acceptors (Lipinski definition) is 4. The lowest BCUT2D eigenvalue weighted by molar-refractivity contribution is -0.127. The van der Waals surface area contributed by atoms with Crippen LogP contribution in [-0.4, -0.2) is 42.7 Å². The first-order valence-corrected chi connectivity index (χ1v) is 4.14. The van der Waals surface area contributed by atoms with Crippen molar-refractivity contribution in [2.24, 2.45) is 10.9 Å². The molecule has 72 valence electrons. The molecule has 0 fully saturated rings. The number of hydrogen-bond donors (Lipinski definition) is 2.